The molecule has 3 rings (SSSR count). The van der Waals surface area contributed by atoms with Crippen LogP contribution in [0.3, 0.4) is 0 Å². The summed E-state index contributed by atoms with van der Waals surface area (Å²) in [4.78, 5) is 18.3. The first-order valence-corrected chi connectivity index (χ1v) is 9.54. The average Bonchev–Trinajstić information content (AvgIpc) is 3.00. The third-order valence-electron chi connectivity index (χ3n) is 4.90. The van der Waals surface area contributed by atoms with E-state index in [4.69, 9.17) is 4.74 Å². The SMILES string of the molecule is Cn1ccnc1SCCNC(=O)N1CCC2(CC1)OCCC[C@@H]2O. The first-order valence-electron chi connectivity index (χ1n) is 8.56. The van der Waals surface area contributed by atoms with Crippen molar-refractivity contribution in [2.75, 3.05) is 32.0 Å². The van der Waals surface area contributed by atoms with Gasteiger partial charge in [0.25, 0.3) is 0 Å². The Morgan fingerprint density at radius 1 is 1.54 bits per heavy atom. The van der Waals surface area contributed by atoms with Gasteiger partial charge in [-0.2, -0.15) is 0 Å². The number of hydrogen-bond acceptors (Lipinski definition) is 5. The first kappa shape index (κ1) is 17.6. The van der Waals surface area contributed by atoms with Crippen LogP contribution in [0.25, 0.3) is 0 Å². The largest absolute Gasteiger partial charge is 0.390 e. The molecule has 2 saturated heterocycles. The van der Waals surface area contributed by atoms with Crippen LogP contribution in [0.4, 0.5) is 4.79 Å². The molecule has 134 valence electrons. The summed E-state index contributed by atoms with van der Waals surface area (Å²) in [5, 5.41) is 14.2. The summed E-state index contributed by atoms with van der Waals surface area (Å²) >= 11 is 1.63. The molecular weight excluding hydrogens is 328 g/mol. The Hall–Kier alpha value is -1.25. The van der Waals surface area contributed by atoms with Crippen molar-refractivity contribution in [2.24, 2.45) is 7.05 Å². The average molecular weight is 354 g/mol. The molecule has 2 aliphatic heterocycles. The smallest absolute Gasteiger partial charge is 0.317 e. The molecule has 0 radical (unpaired) electrons. The fourth-order valence-electron chi connectivity index (χ4n) is 3.38. The van der Waals surface area contributed by atoms with E-state index in [2.05, 4.69) is 10.3 Å². The molecule has 0 aliphatic carbocycles. The lowest BCUT2D eigenvalue weighted by Crippen LogP contribution is -2.57. The molecule has 3 heterocycles. The molecule has 1 aromatic heterocycles. The predicted octanol–water partition coefficient (Wildman–Crippen LogP) is 1.23. The van der Waals surface area contributed by atoms with Gasteiger partial charge >= 0.3 is 6.03 Å². The number of aromatic nitrogens is 2. The fraction of sp³-hybridized carbons (Fsp3) is 0.750. The normalized spacial score (nSPS) is 23.4. The van der Waals surface area contributed by atoms with Gasteiger partial charge in [0, 0.05) is 51.4 Å². The van der Waals surface area contributed by atoms with Crippen molar-refractivity contribution in [2.45, 2.75) is 42.5 Å². The lowest BCUT2D eigenvalue weighted by Gasteiger charge is -2.46. The molecule has 1 aromatic rings. The number of hydrogen-bond donors (Lipinski definition) is 2. The second kappa shape index (κ2) is 7.76. The maximum atomic E-state index is 12.3. The molecule has 2 fully saturated rings. The van der Waals surface area contributed by atoms with Crippen molar-refractivity contribution in [1.29, 1.82) is 0 Å². The van der Waals surface area contributed by atoms with Crippen LogP contribution in [-0.4, -0.2) is 69.3 Å². The van der Waals surface area contributed by atoms with Crippen LogP contribution in [0.1, 0.15) is 25.7 Å². The van der Waals surface area contributed by atoms with Gasteiger partial charge in [-0.15, -0.1) is 0 Å². The predicted molar refractivity (Wildman–Crippen MR) is 92.1 cm³/mol. The van der Waals surface area contributed by atoms with Gasteiger partial charge in [0.15, 0.2) is 5.16 Å². The van der Waals surface area contributed by atoms with Gasteiger partial charge in [-0.05, 0) is 25.7 Å². The van der Waals surface area contributed by atoms with Crippen molar-refractivity contribution in [1.82, 2.24) is 19.8 Å². The first-order chi connectivity index (χ1) is 11.6. The molecular formula is C16H26N4O3S. The van der Waals surface area contributed by atoms with E-state index in [1.165, 1.54) is 0 Å². The number of nitrogens with one attached hydrogen (secondary N) is 1. The van der Waals surface area contributed by atoms with Crippen molar-refractivity contribution in [3.63, 3.8) is 0 Å². The monoisotopic (exact) mass is 354 g/mol. The molecule has 0 bridgehead atoms. The summed E-state index contributed by atoms with van der Waals surface area (Å²) in [7, 11) is 1.96. The third kappa shape index (κ3) is 3.87. The molecule has 0 saturated carbocycles. The molecule has 8 heteroatoms. The van der Waals surface area contributed by atoms with E-state index in [1.54, 1.807) is 18.0 Å². The number of nitrogens with zero attached hydrogens (tertiary/aromatic N) is 3. The Labute approximate surface area is 146 Å². The van der Waals surface area contributed by atoms with Gasteiger partial charge in [0.2, 0.25) is 0 Å². The van der Waals surface area contributed by atoms with Crippen LogP contribution < -0.4 is 5.32 Å². The van der Waals surface area contributed by atoms with Gasteiger partial charge < -0.3 is 24.6 Å². The van der Waals surface area contributed by atoms with Crippen LogP contribution in [-0.2, 0) is 11.8 Å². The maximum Gasteiger partial charge on any atom is 0.317 e. The van der Waals surface area contributed by atoms with Gasteiger partial charge in [-0.1, -0.05) is 11.8 Å². The molecule has 2 amide bonds. The zero-order chi connectivity index (χ0) is 17.0. The quantitative estimate of drug-likeness (QED) is 0.628. The van der Waals surface area contributed by atoms with Gasteiger partial charge in [-0.3, -0.25) is 0 Å². The second-order valence-electron chi connectivity index (χ2n) is 6.46. The number of likely N-dealkylation sites (tertiary alicyclic amines) is 1. The summed E-state index contributed by atoms with van der Waals surface area (Å²) in [5.74, 6) is 0.788. The van der Waals surface area contributed by atoms with Crippen LogP contribution in [0.15, 0.2) is 17.6 Å². The van der Waals surface area contributed by atoms with E-state index in [0.717, 1.165) is 23.8 Å². The number of rotatable bonds is 4. The van der Waals surface area contributed by atoms with Crippen LogP contribution in [0.2, 0.25) is 0 Å². The number of piperidine rings is 1. The molecule has 7 nitrogen and oxygen atoms in total. The number of urea groups is 1. The van der Waals surface area contributed by atoms with Gasteiger partial charge in [0.1, 0.15) is 0 Å². The highest BCUT2D eigenvalue weighted by atomic mass is 32.2. The van der Waals surface area contributed by atoms with Gasteiger partial charge in [0.05, 0.1) is 11.7 Å². The standard InChI is InChI=1S/C16H26N4O3S/c1-19-10-6-18-15(19)24-12-7-17-14(22)20-8-4-16(5-9-20)13(21)3-2-11-23-16/h6,10,13,21H,2-5,7-9,11-12H2,1H3,(H,17,22)/t13-/m0/s1. The Morgan fingerprint density at radius 3 is 3.00 bits per heavy atom. The molecule has 0 aromatic carbocycles. The highest BCUT2D eigenvalue weighted by Crippen LogP contribution is 2.35. The van der Waals surface area contributed by atoms with Crippen molar-refractivity contribution in [3.8, 4) is 0 Å². The van der Waals surface area contributed by atoms with E-state index in [0.29, 0.717) is 39.1 Å². The Kier molecular flexibility index (Phi) is 5.68. The Balaban J connectivity index is 1.38. The fourth-order valence-corrected chi connectivity index (χ4v) is 4.17. The number of aliphatic hydroxyl groups excluding tert-OH is 1. The van der Waals surface area contributed by atoms with Crippen molar-refractivity contribution in [3.05, 3.63) is 12.4 Å². The topological polar surface area (TPSA) is 79.6 Å². The third-order valence-corrected chi connectivity index (χ3v) is 5.96. The lowest BCUT2D eigenvalue weighted by atomic mass is 9.82. The number of imidazole rings is 1. The minimum atomic E-state index is -0.427. The lowest BCUT2D eigenvalue weighted by molar-refractivity contribution is -0.173. The summed E-state index contributed by atoms with van der Waals surface area (Å²) in [6, 6.07) is -0.0319. The zero-order valence-electron chi connectivity index (χ0n) is 14.1. The number of aryl methyl sites for hydroxylation is 1. The number of aliphatic hydroxyl groups is 1. The Morgan fingerprint density at radius 2 is 2.33 bits per heavy atom. The van der Waals surface area contributed by atoms with Crippen LogP contribution in [0.5, 0.6) is 0 Å². The highest BCUT2D eigenvalue weighted by Gasteiger charge is 2.44. The second-order valence-corrected chi connectivity index (χ2v) is 7.52. The zero-order valence-corrected chi connectivity index (χ0v) is 14.9. The van der Waals surface area contributed by atoms with E-state index in [9.17, 15) is 9.90 Å². The van der Waals surface area contributed by atoms with Crippen LogP contribution >= 0.6 is 11.8 Å². The number of ether oxygens (including phenoxy) is 1. The summed E-state index contributed by atoms with van der Waals surface area (Å²) in [6.07, 6.45) is 6.42. The summed E-state index contributed by atoms with van der Waals surface area (Å²) in [6.45, 7) is 2.59. The maximum absolute atomic E-state index is 12.3. The molecule has 2 N–H and O–H groups in total. The van der Waals surface area contributed by atoms with E-state index < -0.39 is 11.7 Å². The summed E-state index contributed by atoms with van der Waals surface area (Å²) < 4.78 is 7.84. The minimum absolute atomic E-state index is 0.0319. The summed E-state index contributed by atoms with van der Waals surface area (Å²) in [5.41, 5.74) is -0.427. The molecule has 1 spiro atoms. The highest BCUT2D eigenvalue weighted by molar-refractivity contribution is 7.99. The molecule has 24 heavy (non-hydrogen) atoms. The Bertz CT molecular complexity index is 557. The number of amides is 2. The van der Waals surface area contributed by atoms with Gasteiger partial charge in [-0.25, -0.2) is 9.78 Å². The van der Waals surface area contributed by atoms with Crippen LogP contribution in [0, 0.1) is 0 Å². The molecule has 2 aliphatic rings. The van der Waals surface area contributed by atoms with Crippen molar-refractivity contribution < 1.29 is 14.6 Å². The molecule has 1 atom stereocenters. The number of carbonyl (C=O) groups excluding carboxylic acids is 1. The van der Waals surface area contributed by atoms with E-state index in [1.807, 2.05) is 22.7 Å². The van der Waals surface area contributed by atoms with E-state index in [-0.39, 0.29) is 6.03 Å². The molecule has 0 unspecified atom stereocenters. The van der Waals surface area contributed by atoms with Crippen molar-refractivity contribution >= 4 is 17.8 Å². The minimum Gasteiger partial charge on any atom is -0.390 e. The van der Waals surface area contributed by atoms with E-state index >= 15 is 0 Å². The number of carbonyl (C=O) groups is 1. The number of thioether (sulfide) groups is 1.